The second-order valence-electron chi connectivity index (χ2n) is 21.3. The number of anilines is 2. The van der Waals surface area contributed by atoms with E-state index in [4.69, 9.17) is 42.2 Å². The van der Waals surface area contributed by atoms with E-state index in [2.05, 4.69) is 29.3 Å². The van der Waals surface area contributed by atoms with Gasteiger partial charge in [-0.1, -0.05) is 143 Å². The van der Waals surface area contributed by atoms with Crippen LogP contribution in [0.25, 0.3) is 37.2 Å². The molecule has 2 aliphatic heterocycles. The van der Waals surface area contributed by atoms with Gasteiger partial charge in [-0.2, -0.15) is 13.2 Å². The number of carboxylic acids is 1. The van der Waals surface area contributed by atoms with E-state index in [0.29, 0.717) is 57.5 Å². The van der Waals surface area contributed by atoms with Crippen molar-refractivity contribution in [3.8, 4) is 0 Å². The van der Waals surface area contributed by atoms with Crippen LogP contribution in [-0.4, -0.2) is 125 Å². The molecule has 6 aromatic rings. The summed E-state index contributed by atoms with van der Waals surface area (Å²) < 4.78 is 42.6. The van der Waals surface area contributed by atoms with Gasteiger partial charge in [0.2, 0.25) is 17.7 Å². The summed E-state index contributed by atoms with van der Waals surface area (Å²) in [6, 6.07) is 39.9. The number of ether oxygens (including phenoxy) is 2. The highest BCUT2D eigenvalue weighted by atomic mass is 19.4. The fourth-order valence-electron chi connectivity index (χ4n) is 8.96. The number of hydrogen-bond acceptors (Lipinski definition) is 13. The molecule has 18 nitrogen and oxygen atoms in total. The molecule has 0 bridgehead atoms. The summed E-state index contributed by atoms with van der Waals surface area (Å²) in [6.07, 6.45) is 1.95. The monoisotopic (exact) mass is 1210 g/mol. The number of nitrogens with one attached hydrogen (secondary N) is 2. The number of halogens is 3. The number of ketones is 1. The van der Waals surface area contributed by atoms with Crippen LogP contribution in [0.4, 0.5) is 30.2 Å². The number of carbonyl (C=O) groups is 6. The molecule has 0 aromatic heterocycles. The third kappa shape index (κ3) is 26.1. The summed E-state index contributed by atoms with van der Waals surface area (Å²) in [5, 5.41) is 45.0. The van der Waals surface area contributed by atoms with E-state index < -0.39 is 42.7 Å². The van der Waals surface area contributed by atoms with Crippen molar-refractivity contribution in [2.45, 2.75) is 129 Å². The van der Waals surface area contributed by atoms with E-state index >= 15 is 0 Å². The number of carbonyl (C=O) groups excluding carboxylic acids is 5. The summed E-state index contributed by atoms with van der Waals surface area (Å²) in [7, 11) is 1.64. The van der Waals surface area contributed by atoms with Crippen molar-refractivity contribution in [1.82, 2.24) is 11.1 Å². The molecule has 7 atom stereocenters. The molecule has 21 heteroatoms. The van der Waals surface area contributed by atoms with Crippen LogP contribution >= 0.6 is 0 Å². The molecular weight excluding hydrogens is 1130 g/mol. The molecule has 3 unspecified atom stereocenters. The Balaban J connectivity index is 0.000000394. The minimum atomic E-state index is -4.40. The quantitative estimate of drug-likeness (QED) is 0.0276. The summed E-state index contributed by atoms with van der Waals surface area (Å²) in [6.45, 7) is 15.1. The fraction of sp³-hybridized carbons (Fsp3) is 0.439. The van der Waals surface area contributed by atoms with E-state index in [1.54, 1.807) is 21.0 Å². The molecule has 8 rings (SSSR count). The summed E-state index contributed by atoms with van der Waals surface area (Å²) in [5.41, 5.74) is 8.15. The molecule has 3 amide bonds. The van der Waals surface area contributed by atoms with E-state index in [-0.39, 0.29) is 67.5 Å². The smallest absolute Gasteiger partial charge is 0.411 e. The molecule has 2 aliphatic rings. The normalized spacial score (nSPS) is 16.4. The lowest BCUT2D eigenvalue weighted by Gasteiger charge is -2.28. The van der Waals surface area contributed by atoms with Gasteiger partial charge in [-0.3, -0.25) is 24.0 Å². The highest BCUT2D eigenvalue weighted by Gasteiger charge is 2.44. The predicted octanol–water partition coefficient (Wildman–Crippen LogP) is 11.8. The molecule has 0 spiro atoms. The lowest BCUT2D eigenvalue weighted by atomic mass is 9.89. The van der Waals surface area contributed by atoms with Gasteiger partial charge >= 0.3 is 12.1 Å². The van der Waals surface area contributed by atoms with Crippen LogP contribution in [0.15, 0.2) is 127 Å². The van der Waals surface area contributed by atoms with Crippen LogP contribution in [0.2, 0.25) is 0 Å². The number of rotatable bonds is 19. The molecular formula is C66H87F3N6O12. The number of aliphatic carboxylic acids is 1. The third-order valence-electron chi connectivity index (χ3n) is 14.2. The highest BCUT2D eigenvalue weighted by Crippen LogP contribution is 2.32. The number of carboxylic acid groups (broad SMARTS) is 1. The number of nitrogens with zero attached hydrogens (tertiary/aromatic N) is 2. The van der Waals surface area contributed by atoms with Gasteiger partial charge in [-0.15, -0.1) is 0 Å². The van der Waals surface area contributed by atoms with Crippen LogP contribution in [0.5, 0.6) is 0 Å². The minimum absolute atomic E-state index is 0. The Hall–Kier alpha value is -7.68. The molecule has 11 N–H and O–H groups in total. The zero-order chi connectivity index (χ0) is 63.8. The van der Waals surface area contributed by atoms with Crippen LogP contribution in [0, 0.1) is 30.2 Å². The molecule has 0 saturated carbocycles. The van der Waals surface area contributed by atoms with Gasteiger partial charge in [0.05, 0.1) is 31.2 Å². The number of benzene rings is 6. The molecule has 0 aliphatic carbocycles. The van der Waals surface area contributed by atoms with Crippen molar-refractivity contribution in [1.29, 1.82) is 0 Å². The molecule has 2 heterocycles. The minimum Gasteiger partial charge on any atom is -0.481 e. The van der Waals surface area contributed by atoms with Gasteiger partial charge in [0.15, 0.2) is 5.69 Å². The van der Waals surface area contributed by atoms with Crippen LogP contribution < -0.4 is 22.5 Å². The summed E-state index contributed by atoms with van der Waals surface area (Å²) >= 11 is 0. The Kier molecular flexibility index (Phi) is 34.6. The van der Waals surface area contributed by atoms with Gasteiger partial charge in [-0.25, -0.2) is 4.85 Å². The van der Waals surface area contributed by atoms with Crippen molar-refractivity contribution in [2.75, 3.05) is 44.2 Å². The van der Waals surface area contributed by atoms with Crippen molar-refractivity contribution >= 4 is 85.1 Å². The molecule has 2 fully saturated rings. The largest absolute Gasteiger partial charge is 0.481 e. The standard InChI is InChI=1S/C23H31NO4.C19H21N3O3.C11H7N.C6H12O.C5H10O3.C2H3F3O.H3N/c1-16(13-14-25)22(26)15-19(12-11-17(2)28-3)23(27)24-21-10-6-8-18-7-4-5-9-20(18)21;20-14-10-11-25-17-9-8-16(22(17)19(14)24)18(23)21-15-7-3-5-12-4-1-2-6-13(12)15;1-12-11-8-4-6-9-5-2-3-7-10(9)11;1-6(2)4-3-5-7;1-4(2-3-6)5(7)8;3-2(4,5)1-6;/h4-10,16-17,19,25H,11-15H2,1-3H3,(H,24,27);1-7,14,16-17H,8-11,20H2,(H,21,23);2-8H;5-6H,3-4H2,1-2H3;4,6H,2-3H2,1H3,(H,7,8);6H,1H2;1H3/t16-,17?,19?;14-,16?,17-;;;4-;;/m00..0../s1. The lowest BCUT2D eigenvalue weighted by Crippen LogP contribution is -2.51. The number of amides is 3. The summed E-state index contributed by atoms with van der Waals surface area (Å²) in [4.78, 5) is 75.6. The Labute approximate surface area is 508 Å². The first-order valence-corrected chi connectivity index (χ1v) is 28.8. The number of alkyl halides is 3. The van der Waals surface area contributed by atoms with Crippen molar-refractivity contribution in [3.05, 3.63) is 139 Å². The number of aliphatic hydroxyl groups excluding tert-OH is 3. The van der Waals surface area contributed by atoms with E-state index in [9.17, 15) is 41.9 Å². The van der Waals surface area contributed by atoms with Gasteiger partial charge in [0.25, 0.3) is 0 Å². The average molecular weight is 1210 g/mol. The first-order chi connectivity index (χ1) is 41.0. The fourth-order valence-corrected chi connectivity index (χ4v) is 8.96. The van der Waals surface area contributed by atoms with Gasteiger partial charge in [0.1, 0.15) is 30.9 Å². The maximum atomic E-state index is 13.0. The second kappa shape index (κ2) is 39.9. The topological polar surface area (TPSA) is 294 Å². The number of aliphatic hydroxyl groups is 3. The van der Waals surface area contributed by atoms with Crippen LogP contribution in [0.1, 0.15) is 98.8 Å². The first kappa shape index (κ1) is 75.4. The predicted molar refractivity (Wildman–Crippen MR) is 334 cm³/mol. The van der Waals surface area contributed by atoms with Gasteiger partial charge < -0.3 is 62.1 Å². The number of aldehydes is 1. The van der Waals surface area contributed by atoms with Crippen molar-refractivity contribution < 1.29 is 71.8 Å². The molecule has 2 saturated heterocycles. The second-order valence-corrected chi connectivity index (χ2v) is 21.3. The van der Waals surface area contributed by atoms with E-state index in [0.717, 1.165) is 68.5 Å². The van der Waals surface area contributed by atoms with Crippen LogP contribution in [-0.2, 0) is 38.2 Å². The van der Waals surface area contributed by atoms with E-state index in [1.807, 2.05) is 134 Å². The Morgan fingerprint density at radius 2 is 1.22 bits per heavy atom. The number of methoxy groups -OCH3 is 1. The molecule has 6 aromatic carbocycles. The molecule has 87 heavy (non-hydrogen) atoms. The van der Waals surface area contributed by atoms with Crippen molar-refractivity contribution in [3.63, 3.8) is 0 Å². The average Bonchev–Trinajstić information content (AvgIpc) is 2.90. The maximum Gasteiger partial charge on any atom is 0.411 e. The van der Waals surface area contributed by atoms with Crippen LogP contribution in [0.3, 0.4) is 0 Å². The maximum absolute atomic E-state index is 13.0. The van der Waals surface area contributed by atoms with Gasteiger partial charge in [-0.05, 0) is 97.9 Å². The number of fused-ring (bicyclic) bond motifs is 4. The Morgan fingerprint density at radius 1 is 0.724 bits per heavy atom. The summed E-state index contributed by atoms with van der Waals surface area (Å²) in [5.74, 6) is -1.79. The SMILES string of the molecule is CC(C)CCC=O.COC(C)CCC(CC(=O)[C@@H](C)CCO)C(=O)Nc1cccc2ccccc12.C[C@@H](CCO)C(=O)O.N.N[C@H]1CCO[C@H]2CCC(C(=O)Nc3cccc4ccccc34)N2C1=O.OCC(F)(F)F.[C-]#[N+]c1cccc2ccccc12. The number of Topliss-reactive ketones (excluding diaryl/α,β-unsaturated/α-hetero) is 1. The zero-order valence-electron chi connectivity index (χ0n) is 50.6. The number of nitrogens with two attached hydrogens (primary N) is 1. The highest BCUT2D eigenvalue weighted by molar-refractivity contribution is 6.06. The van der Waals surface area contributed by atoms with E-state index in [1.165, 1.54) is 4.90 Å². The lowest BCUT2D eigenvalue weighted by molar-refractivity contribution is -0.159. The number of hydrogen-bond donors (Lipinski definition) is 8. The third-order valence-corrected chi connectivity index (χ3v) is 14.2. The Bertz CT molecular complexity index is 3110. The van der Waals surface area contributed by atoms with Gasteiger partial charge in [0, 0.05) is 67.1 Å². The van der Waals surface area contributed by atoms with Crippen molar-refractivity contribution in [2.24, 2.45) is 29.4 Å². The first-order valence-electron chi connectivity index (χ1n) is 28.8. The Morgan fingerprint density at radius 3 is 1.69 bits per heavy atom. The molecule has 0 radical (unpaired) electrons. The zero-order valence-corrected chi connectivity index (χ0v) is 50.6. The molecule has 474 valence electrons.